The van der Waals surface area contributed by atoms with Gasteiger partial charge in [0.05, 0.1) is 11.0 Å². The molecule has 0 aliphatic heterocycles. The first-order valence-corrected chi connectivity index (χ1v) is 5.56. The Morgan fingerprint density at radius 2 is 1.94 bits per heavy atom. The SMILES string of the molecule is c1cnc2cc(-c3nc4ncccc4o3)[nH]c2c1. The maximum absolute atomic E-state index is 5.65. The number of fused-ring (bicyclic) bond motifs is 2. The first-order valence-electron chi connectivity index (χ1n) is 5.56. The predicted octanol–water partition coefficient (Wildman–Crippen LogP) is 2.77. The van der Waals surface area contributed by atoms with Crippen LogP contribution in [0.2, 0.25) is 0 Å². The maximum Gasteiger partial charge on any atom is 0.245 e. The van der Waals surface area contributed by atoms with Gasteiger partial charge in [-0.3, -0.25) is 4.98 Å². The van der Waals surface area contributed by atoms with Gasteiger partial charge < -0.3 is 9.40 Å². The molecular weight excluding hydrogens is 228 g/mol. The highest BCUT2D eigenvalue weighted by molar-refractivity contribution is 5.81. The smallest absolute Gasteiger partial charge is 0.245 e. The maximum atomic E-state index is 5.65. The van der Waals surface area contributed by atoms with E-state index in [1.807, 2.05) is 30.3 Å². The number of hydrogen-bond donors (Lipinski definition) is 1. The Balaban J connectivity index is 1.95. The second kappa shape index (κ2) is 3.40. The topological polar surface area (TPSA) is 67.6 Å². The van der Waals surface area contributed by atoms with E-state index in [9.17, 15) is 0 Å². The molecule has 5 heteroatoms. The average molecular weight is 236 g/mol. The molecule has 0 unspecified atom stereocenters. The summed E-state index contributed by atoms with van der Waals surface area (Å²) in [6.45, 7) is 0. The Bertz CT molecular complexity index is 708. The van der Waals surface area contributed by atoms with Gasteiger partial charge >= 0.3 is 0 Å². The molecule has 0 atom stereocenters. The van der Waals surface area contributed by atoms with Gasteiger partial charge in [-0.1, -0.05) is 0 Å². The molecule has 5 nitrogen and oxygen atoms in total. The minimum absolute atomic E-state index is 0.529. The van der Waals surface area contributed by atoms with Crippen molar-refractivity contribution in [2.45, 2.75) is 0 Å². The number of pyridine rings is 2. The van der Waals surface area contributed by atoms with Gasteiger partial charge in [-0.25, -0.2) is 4.98 Å². The normalized spacial score (nSPS) is 11.3. The Morgan fingerprint density at radius 1 is 1.06 bits per heavy atom. The first kappa shape index (κ1) is 9.35. The molecule has 4 aromatic rings. The van der Waals surface area contributed by atoms with Crippen molar-refractivity contribution in [3.63, 3.8) is 0 Å². The van der Waals surface area contributed by atoms with E-state index >= 15 is 0 Å². The Morgan fingerprint density at radius 3 is 2.83 bits per heavy atom. The van der Waals surface area contributed by atoms with Crippen molar-refractivity contribution in [2.24, 2.45) is 0 Å². The van der Waals surface area contributed by atoms with Crippen molar-refractivity contribution in [3.8, 4) is 11.6 Å². The van der Waals surface area contributed by atoms with Crippen molar-refractivity contribution in [1.82, 2.24) is 19.9 Å². The van der Waals surface area contributed by atoms with E-state index in [-0.39, 0.29) is 0 Å². The standard InChI is InChI=1S/C13H8N4O/c1-3-8-9(14-5-1)7-10(16-8)13-17-12-11(18-13)4-2-6-15-12/h1-7,16H. The van der Waals surface area contributed by atoms with E-state index in [1.54, 1.807) is 12.4 Å². The molecule has 0 amide bonds. The lowest BCUT2D eigenvalue weighted by Gasteiger charge is -1.86. The van der Waals surface area contributed by atoms with E-state index in [0.29, 0.717) is 17.1 Å². The third-order valence-electron chi connectivity index (χ3n) is 2.78. The van der Waals surface area contributed by atoms with Crippen LogP contribution in [0.25, 0.3) is 33.8 Å². The van der Waals surface area contributed by atoms with Crippen LogP contribution < -0.4 is 0 Å². The zero-order chi connectivity index (χ0) is 11.9. The van der Waals surface area contributed by atoms with Crippen molar-refractivity contribution >= 4 is 22.3 Å². The van der Waals surface area contributed by atoms with Crippen molar-refractivity contribution in [1.29, 1.82) is 0 Å². The fraction of sp³-hybridized carbons (Fsp3) is 0. The summed E-state index contributed by atoms with van der Waals surface area (Å²) in [6.07, 6.45) is 3.45. The molecule has 0 aliphatic rings. The molecule has 18 heavy (non-hydrogen) atoms. The fourth-order valence-corrected chi connectivity index (χ4v) is 1.96. The van der Waals surface area contributed by atoms with Crippen molar-refractivity contribution in [3.05, 3.63) is 42.7 Å². The quantitative estimate of drug-likeness (QED) is 0.551. The highest BCUT2D eigenvalue weighted by atomic mass is 16.3. The number of aromatic amines is 1. The van der Waals surface area contributed by atoms with Crippen molar-refractivity contribution in [2.75, 3.05) is 0 Å². The molecule has 0 fully saturated rings. The summed E-state index contributed by atoms with van der Waals surface area (Å²) in [5.74, 6) is 0.529. The minimum Gasteiger partial charge on any atom is -0.433 e. The number of oxazole rings is 1. The van der Waals surface area contributed by atoms with Crippen LogP contribution in [0, 0.1) is 0 Å². The van der Waals surface area contributed by atoms with Crippen LogP contribution in [0.1, 0.15) is 0 Å². The minimum atomic E-state index is 0.529. The van der Waals surface area contributed by atoms with Crippen LogP contribution in [0.5, 0.6) is 0 Å². The summed E-state index contributed by atoms with van der Waals surface area (Å²) in [4.78, 5) is 16.0. The highest BCUT2D eigenvalue weighted by Crippen LogP contribution is 2.24. The number of hydrogen-bond acceptors (Lipinski definition) is 4. The van der Waals surface area contributed by atoms with Crippen LogP contribution in [-0.4, -0.2) is 19.9 Å². The Kier molecular flexibility index (Phi) is 1.77. The van der Waals surface area contributed by atoms with Gasteiger partial charge in [-0.05, 0) is 30.3 Å². The third-order valence-corrected chi connectivity index (χ3v) is 2.78. The number of nitrogens with zero attached hydrogens (tertiary/aromatic N) is 3. The molecule has 4 aromatic heterocycles. The second-order valence-corrected chi connectivity index (χ2v) is 3.96. The molecule has 0 saturated carbocycles. The molecule has 0 bridgehead atoms. The molecule has 4 heterocycles. The van der Waals surface area contributed by atoms with Crippen LogP contribution in [0.15, 0.2) is 47.1 Å². The summed E-state index contributed by atoms with van der Waals surface area (Å²) in [6, 6.07) is 9.44. The monoisotopic (exact) mass is 236 g/mol. The summed E-state index contributed by atoms with van der Waals surface area (Å²) < 4.78 is 5.65. The molecule has 0 radical (unpaired) electrons. The second-order valence-electron chi connectivity index (χ2n) is 3.96. The molecule has 1 N–H and O–H groups in total. The summed E-state index contributed by atoms with van der Waals surface area (Å²) in [5, 5.41) is 0. The van der Waals surface area contributed by atoms with E-state index in [4.69, 9.17) is 4.42 Å². The van der Waals surface area contributed by atoms with Gasteiger partial charge in [0.15, 0.2) is 11.2 Å². The lowest BCUT2D eigenvalue weighted by Crippen LogP contribution is -1.76. The van der Waals surface area contributed by atoms with Crippen LogP contribution in [-0.2, 0) is 0 Å². The van der Waals surface area contributed by atoms with Gasteiger partial charge in [-0.2, -0.15) is 4.98 Å². The first-order chi connectivity index (χ1) is 8.90. The molecule has 86 valence electrons. The Hall–Kier alpha value is -2.69. The molecule has 4 rings (SSSR count). The average Bonchev–Trinajstić information content (AvgIpc) is 3.02. The molecular formula is C13H8N4O. The van der Waals surface area contributed by atoms with Crippen LogP contribution in [0.4, 0.5) is 0 Å². The number of H-pyrrole nitrogens is 1. The summed E-state index contributed by atoms with van der Waals surface area (Å²) in [7, 11) is 0. The molecule has 0 aromatic carbocycles. The summed E-state index contributed by atoms with van der Waals surface area (Å²) in [5.41, 5.74) is 3.95. The molecule has 0 aliphatic carbocycles. The van der Waals surface area contributed by atoms with Gasteiger partial charge in [0.2, 0.25) is 5.89 Å². The van der Waals surface area contributed by atoms with E-state index < -0.39 is 0 Å². The molecule has 0 saturated heterocycles. The zero-order valence-electron chi connectivity index (χ0n) is 9.29. The number of nitrogens with one attached hydrogen (secondary N) is 1. The van der Waals surface area contributed by atoms with E-state index in [0.717, 1.165) is 16.7 Å². The predicted molar refractivity (Wildman–Crippen MR) is 66.9 cm³/mol. The van der Waals surface area contributed by atoms with Gasteiger partial charge in [-0.15, -0.1) is 0 Å². The lowest BCUT2D eigenvalue weighted by molar-refractivity contribution is 0.617. The molecule has 0 spiro atoms. The summed E-state index contributed by atoms with van der Waals surface area (Å²) >= 11 is 0. The van der Waals surface area contributed by atoms with Gasteiger partial charge in [0, 0.05) is 12.4 Å². The fourth-order valence-electron chi connectivity index (χ4n) is 1.96. The van der Waals surface area contributed by atoms with E-state index in [2.05, 4.69) is 19.9 Å². The number of rotatable bonds is 1. The number of aromatic nitrogens is 4. The van der Waals surface area contributed by atoms with Gasteiger partial charge in [0.25, 0.3) is 0 Å². The van der Waals surface area contributed by atoms with Crippen LogP contribution in [0.3, 0.4) is 0 Å². The zero-order valence-corrected chi connectivity index (χ0v) is 9.29. The third kappa shape index (κ3) is 1.31. The van der Waals surface area contributed by atoms with Gasteiger partial charge in [0.1, 0.15) is 5.69 Å². The van der Waals surface area contributed by atoms with E-state index in [1.165, 1.54) is 0 Å². The lowest BCUT2D eigenvalue weighted by atomic mass is 10.4. The Labute approximate surface area is 102 Å². The van der Waals surface area contributed by atoms with Crippen molar-refractivity contribution < 1.29 is 4.42 Å². The largest absolute Gasteiger partial charge is 0.433 e. The highest BCUT2D eigenvalue weighted by Gasteiger charge is 2.11. The van der Waals surface area contributed by atoms with Crippen LogP contribution >= 0.6 is 0 Å².